The molecule has 4 heteroatoms. The highest BCUT2D eigenvalue weighted by Gasteiger charge is 2.34. The van der Waals surface area contributed by atoms with Crippen molar-refractivity contribution in [2.24, 2.45) is 0 Å². The summed E-state index contributed by atoms with van der Waals surface area (Å²) in [5, 5.41) is 3.17. The fraction of sp³-hybridized carbons (Fsp3) is 0.381. The van der Waals surface area contributed by atoms with E-state index in [2.05, 4.69) is 5.32 Å². The maximum absolute atomic E-state index is 12.5. The van der Waals surface area contributed by atoms with Crippen LogP contribution in [0.2, 0.25) is 0 Å². The number of benzene rings is 2. The summed E-state index contributed by atoms with van der Waals surface area (Å²) >= 11 is 0. The molecule has 0 spiro atoms. The molecule has 1 atom stereocenters. The molecule has 0 bridgehead atoms. The molecule has 1 N–H and O–H groups in total. The number of amides is 1. The first-order chi connectivity index (χ1) is 11.9. The van der Waals surface area contributed by atoms with Gasteiger partial charge in [0, 0.05) is 18.1 Å². The highest BCUT2D eigenvalue weighted by atomic mass is 16.5. The molecule has 3 rings (SSSR count). The third kappa shape index (κ3) is 4.13. The molecular weight excluding hydrogens is 314 g/mol. The molecule has 0 saturated heterocycles. The van der Waals surface area contributed by atoms with Gasteiger partial charge < -0.3 is 14.8 Å². The first-order valence-electron chi connectivity index (χ1n) is 8.58. The number of methoxy groups -OCH3 is 1. The fourth-order valence-corrected chi connectivity index (χ4v) is 3.22. The van der Waals surface area contributed by atoms with Crippen LogP contribution in [-0.4, -0.2) is 18.6 Å². The summed E-state index contributed by atoms with van der Waals surface area (Å²) in [6.07, 6.45) is 1.11. The van der Waals surface area contributed by atoms with Crippen molar-refractivity contribution in [3.63, 3.8) is 0 Å². The molecule has 0 aromatic heterocycles. The summed E-state index contributed by atoms with van der Waals surface area (Å²) in [4.78, 5) is 12.5. The van der Waals surface area contributed by atoms with E-state index in [1.807, 2.05) is 63.2 Å². The zero-order valence-electron chi connectivity index (χ0n) is 15.3. The topological polar surface area (TPSA) is 47.6 Å². The van der Waals surface area contributed by atoms with E-state index in [0.717, 1.165) is 29.0 Å². The molecule has 1 amide bonds. The van der Waals surface area contributed by atoms with Crippen LogP contribution in [-0.2, 0) is 11.2 Å². The lowest BCUT2D eigenvalue weighted by Gasteiger charge is -2.38. The maximum Gasteiger partial charge on any atom is 0.224 e. The minimum atomic E-state index is -0.346. The van der Waals surface area contributed by atoms with E-state index >= 15 is 0 Å². The van der Waals surface area contributed by atoms with E-state index in [9.17, 15) is 4.79 Å². The molecule has 132 valence electrons. The number of fused-ring (bicyclic) bond motifs is 1. The molecule has 0 saturated carbocycles. The van der Waals surface area contributed by atoms with Crippen LogP contribution in [0.15, 0.2) is 42.5 Å². The number of rotatable bonds is 4. The molecule has 1 aliphatic rings. The van der Waals surface area contributed by atoms with Gasteiger partial charge in [-0.1, -0.05) is 29.8 Å². The van der Waals surface area contributed by atoms with Gasteiger partial charge in [-0.05, 0) is 38.5 Å². The van der Waals surface area contributed by atoms with Crippen LogP contribution in [0.4, 0.5) is 0 Å². The predicted octanol–water partition coefficient (Wildman–Crippen LogP) is 3.96. The van der Waals surface area contributed by atoms with Gasteiger partial charge in [0.15, 0.2) is 0 Å². The van der Waals surface area contributed by atoms with Crippen LogP contribution in [0.3, 0.4) is 0 Å². The van der Waals surface area contributed by atoms with Crippen LogP contribution in [0, 0.1) is 6.92 Å². The quantitative estimate of drug-likeness (QED) is 0.917. The second kappa shape index (κ2) is 6.79. The SMILES string of the molecule is COc1ccc2c(c1)OC(C)(C)CC2NC(=O)Cc1ccc(C)cc1. The van der Waals surface area contributed by atoms with Crippen LogP contribution < -0.4 is 14.8 Å². The Morgan fingerprint density at radius 2 is 1.96 bits per heavy atom. The van der Waals surface area contributed by atoms with Gasteiger partial charge in [-0.3, -0.25) is 4.79 Å². The standard InChI is InChI=1S/C21H25NO3/c1-14-5-7-15(8-6-14)11-20(23)22-18-13-21(2,3)25-19-12-16(24-4)9-10-17(18)19/h5-10,12,18H,11,13H2,1-4H3,(H,22,23). The van der Waals surface area contributed by atoms with Crippen LogP contribution in [0.5, 0.6) is 11.5 Å². The summed E-state index contributed by atoms with van der Waals surface area (Å²) in [5.41, 5.74) is 2.86. The van der Waals surface area contributed by atoms with E-state index < -0.39 is 0 Å². The highest BCUT2D eigenvalue weighted by Crippen LogP contribution is 2.41. The molecule has 2 aromatic rings. The minimum absolute atomic E-state index is 0.0216. The number of hydrogen-bond acceptors (Lipinski definition) is 3. The zero-order chi connectivity index (χ0) is 18.0. The number of nitrogens with one attached hydrogen (secondary N) is 1. The van der Waals surface area contributed by atoms with Crippen LogP contribution >= 0.6 is 0 Å². The first-order valence-corrected chi connectivity index (χ1v) is 8.58. The Labute approximate surface area is 149 Å². The minimum Gasteiger partial charge on any atom is -0.497 e. The molecule has 4 nitrogen and oxygen atoms in total. The van der Waals surface area contributed by atoms with Gasteiger partial charge in [0.2, 0.25) is 5.91 Å². The molecule has 0 fully saturated rings. The largest absolute Gasteiger partial charge is 0.497 e. The molecule has 25 heavy (non-hydrogen) atoms. The number of ether oxygens (including phenoxy) is 2. The van der Waals surface area contributed by atoms with Gasteiger partial charge in [0.05, 0.1) is 19.6 Å². The Morgan fingerprint density at radius 1 is 1.24 bits per heavy atom. The summed E-state index contributed by atoms with van der Waals surface area (Å²) < 4.78 is 11.4. The third-order valence-electron chi connectivity index (χ3n) is 4.50. The average molecular weight is 339 g/mol. The molecule has 0 aliphatic carbocycles. The number of hydrogen-bond donors (Lipinski definition) is 1. The monoisotopic (exact) mass is 339 g/mol. The van der Waals surface area contributed by atoms with E-state index in [1.165, 1.54) is 5.56 Å². The van der Waals surface area contributed by atoms with E-state index in [4.69, 9.17) is 9.47 Å². The Bertz CT molecular complexity index is 765. The van der Waals surface area contributed by atoms with Crippen molar-refractivity contribution in [3.05, 3.63) is 59.2 Å². The van der Waals surface area contributed by atoms with Crippen molar-refractivity contribution in [2.45, 2.75) is 45.3 Å². The Hall–Kier alpha value is -2.49. The lowest BCUT2D eigenvalue weighted by molar-refractivity contribution is -0.121. The lowest BCUT2D eigenvalue weighted by Crippen LogP contribution is -2.41. The maximum atomic E-state index is 12.5. The van der Waals surface area contributed by atoms with E-state index in [1.54, 1.807) is 7.11 Å². The number of carbonyl (C=O) groups is 1. The van der Waals surface area contributed by atoms with Crippen molar-refractivity contribution < 1.29 is 14.3 Å². The Kier molecular flexibility index (Phi) is 4.71. The first kappa shape index (κ1) is 17.3. The van der Waals surface area contributed by atoms with E-state index in [-0.39, 0.29) is 17.6 Å². The normalized spacial score (nSPS) is 18.0. The average Bonchev–Trinajstić information content (AvgIpc) is 2.55. The fourth-order valence-electron chi connectivity index (χ4n) is 3.22. The van der Waals surface area contributed by atoms with Gasteiger partial charge in [0.1, 0.15) is 17.1 Å². The van der Waals surface area contributed by atoms with Crippen LogP contribution in [0.1, 0.15) is 43.0 Å². The number of aryl methyl sites for hydroxylation is 1. The summed E-state index contributed by atoms with van der Waals surface area (Å²) in [5.74, 6) is 1.55. The van der Waals surface area contributed by atoms with Crippen molar-refractivity contribution in [1.82, 2.24) is 5.32 Å². The number of carbonyl (C=O) groups excluding carboxylic acids is 1. The lowest BCUT2D eigenvalue weighted by atomic mass is 9.89. The summed E-state index contributed by atoms with van der Waals surface area (Å²) in [6.45, 7) is 6.11. The van der Waals surface area contributed by atoms with Crippen molar-refractivity contribution in [1.29, 1.82) is 0 Å². The van der Waals surface area contributed by atoms with Crippen molar-refractivity contribution in [2.75, 3.05) is 7.11 Å². The zero-order valence-corrected chi connectivity index (χ0v) is 15.3. The van der Waals surface area contributed by atoms with Crippen LogP contribution in [0.25, 0.3) is 0 Å². The van der Waals surface area contributed by atoms with Gasteiger partial charge in [0.25, 0.3) is 0 Å². The van der Waals surface area contributed by atoms with Crippen molar-refractivity contribution >= 4 is 5.91 Å². The van der Waals surface area contributed by atoms with Crippen molar-refractivity contribution in [3.8, 4) is 11.5 Å². The molecule has 1 aliphatic heterocycles. The van der Waals surface area contributed by atoms with Gasteiger partial charge in [-0.2, -0.15) is 0 Å². The van der Waals surface area contributed by atoms with E-state index in [0.29, 0.717) is 6.42 Å². The Balaban J connectivity index is 1.77. The highest BCUT2D eigenvalue weighted by molar-refractivity contribution is 5.79. The molecule has 2 aromatic carbocycles. The van der Waals surface area contributed by atoms with Gasteiger partial charge in [-0.15, -0.1) is 0 Å². The molecule has 1 unspecified atom stereocenters. The van der Waals surface area contributed by atoms with Gasteiger partial charge >= 0.3 is 0 Å². The summed E-state index contributed by atoms with van der Waals surface area (Å²) in [6, 6.07) is 13.8. The Morgan fingerprint density at radius 3 is 2.64 bits per heavy atom. The smallest absolute Gasteiger partial charge is 0.224 e. The van der Waals surface area contributed by atoms with Gasteiger partial charge in [-0.25, -0.2) is 0 Å². The molecular formula is C21H25NO3. The predicted molar refractivity (Wildman–Crippen MR) is 98.1 cm³/mol. The third-order valence-corrected chi connectivity index (χ3v) is 4.50. The second-order valence-electron chi connectivity index (χ2n) is 7.25. The summed E-state index contributed by atoms with van der Waals surface area (Å²) in [7, 11) is 1.64. The second-order valence-corrected chi connectivity index (χ2v) is 7.25. The molecule has 1 heterocycles. The molecule has 0 radical (unpaired) electrons.